The number of anilines is 3. The number of benzene rings is 4. The Bertz CT molecular complexity index is 1810. The van der Waals surface area contributed by atoms with Crippen molar-refractivity contribution < 1.29 is 4.92 Å². The molecule has 4 aromatic rings. The van der Waals surface area contributed by atoms with Gasteiger partial charge in [0.1, 0.15) is 0 Å². The van der Waals surface area contributed by atoms with Gasteiger partial charge in [-0.05, 0) is 118 Å². The van der Waals surface area contributed by atoms with Gasteiger partial charge in [0, 0.05) is 55.4 Å². The Kier molecular flexibility index (Phi) is 39.3. The lowest BCUT2D eigenvalue weighted by Crippen LogP contribution is -2.25. The molecule has 4 aromatic carbocycles. The summed E-state index contributed by atoms with van der Waals surface area (Å²) in [5, 5.41) is 19.5. The summed E-state index contributed by atoms with van der Waals surface area (Å²) in [6.07, 6.45) is 32.3. The molecule has 0 aliphatic heterocycles. The number of aryl methyl sites for hydroxylation is 3. The van der Waals surface area contributed by atoms with Crippen molar-refractivity contribution in [3.8, 4) is 0 Å². The number of hydrogen-bond donors (Lipinski definition) is 1. The molecule has 0 radical (unpaired) electrons. The summed E-state index contributed by atoms with van der Waals surface area (Å²) in [5.41, 5.74) is 14.2. The maximum atomic E-state index is 10.8. The van der Waals surface area contributed by atoms with Crippen molar-refractivity contribution in [3.05, 3.63) is 118 Å². The number of nitro groups is 1. The average Bonchev–Trinajstić information content (AvgIpc) is 3.32. The molecule has 0 amide bonds. The van der Waals surface area contributed by atoms with Crippen LogP contribution in [0.15, 0.2) is 101 Å². The Balaban J connectivity index is 0.00000117. The zero-order valence-corrected chi connectivity index (χ0v) is 43.6. The van der Waals surface area contributed by atoms with Gasteiger partial charge in [0.2, 0.25) is 0 Å². The molecule has 0 aromatic heterocycles. The largest absolute Gasteiger partial charge is 0.399 e. The van der Waals surface area contributed by atoms with Crippen LogP contribution in [-0.2, 0) is 0 Å². The summed E-state index contributed by atoms with van der Waals surface area (Å²) >= 11 is 0. The Hall–Kier alpha value is -4.72. The van der Waals surface area contributed by atoms with Gasteiger partial charge in [0.05, 0.1) is 16.3 Å². The van der Waals surface area contributed by atoms with Crippen molar-refractivity contribution in [1.29, 1.82) is 0 Å². The van der Waals surface area contributed by atoms with Gasteiger partial charge in [-0.1, -0.05) is 195 Å². The van der Waals surface area contributed by atoms with E-state index in [1.807, 2.05) is 37.3 Å². The smallest absolute Gasteiger partial charge is 0.269 e. The average molecular weight is 952 g/mol. The third kappa shape index (κ3) is 31.2. The van der Waals surface area contributed by atoms with Crippen molar-refractivity contribution in [3.63, 3.8) is 0 Å². The fourth-order valence-corrected chi connectivity index (χ4v) is 8.27. The van der Waals surface area contributed by atoms with Crippen LogP contribution >= 0.6 is 0 Å². The lowest BCUT2D eigenvalue weighted by atomic mass is 10.1. The fourth-order valence-electron chi connectivity index (χ4n) is 8.27. The summed E-state index contributed by atoms with van der Waals surface area (Å²) in [6, 6.07) is 29.4. The van der Waals surface area contributed by atoms with E-state index in [-0.39, 0.29) is 20.5 Å². The molecule has 8 nitrogen and oxygen atoms in total. The molecule has 0 bridgehead atoms. The van der Waals surface area contributed by atoms with Gasteiger partial charge in [-0.3, -0.25) is 10.1 Å². The first-order chi connectivity index (χ1) is 32.6. The molecule has 0 saturated carbocycles. The van der Waals surface area contributed by atoms with E-state index in [2.05, 4.69) is 98.0 Å². The van der Waals surface area contributed by atoms with E-state index in [4.69, 9.17) is 5.73 Å². The van der Waals surface area contributed by atoms with Crippen molar-refractivity contribution in [2.45, 2.75) is 217 Å². The lowest BCUT2D eigenvalue weighted by molar-refractivity contribution is -0.384. The number of rotatable bonds is 33. The summed E-state index contributed by atoms with van der Waals surface area (Å²) < 4.78 is 0. The molecule has 0 aliphatic rings. The zero-order valence-electron chi connectivity index (χ0n) is 43.6. The van der Waals surface area contributed by atoms with E-state index < -0.39 is 4.92 Å². The molecule has 8 heteroatoms. The first-order valence-corrected chi connectivity index (χ1v) is 26.8. The minimum atomic E-state index is -0.411. The molecule has 2 N–H and O–H groups in total. The number of nitrogen functional groups attached to an aromatic ring is 1. The van der Waals surface area contributed by atoms with Crippen molar-refractivity contribution in [2.75, 3.05) is 41.7 Å². The van der Waals surface area contributed by atoms with Gasteiger partial charge in [-0.2, -0.15) is 10.2 Å². The normalized spacial score (nSPS) is 10.6. The SMILES string of the molecule is C.C.CCCCCCCCN(CCCCCCCC)c1ccc(N=Nc2ccc([N+](=O)[O-])cc2)c(C)c1.CCCCCCCCN(CCCCCCCC)c1cccc(C)c1.Cc1cccc(N)c1. The molecule has 388 valence electrons. The van der Waals surface area contributed by atoms with E-state index in [1.54, 1.807) is 12.1 Å². The highest BCUT2D eigenvalue weighted by molar-refractivity contribution is 5.58. The number of non-ortho nitro benzene ring substituents is 1. The molecule has 0 heterocycles. The van der Waals surface area contributed by atoms with Crippen molar-refractivity contribution in [1.82, 2.24) is 0 Å². The molecule has 0 fully saturated rings. The molecule has 0 saturated heterocycles. The topological polar surface area (TPSA) is 100 Å². The molecule has 0 unspecified atom stereocenters. The fraction of sp³-hybridized carbons (Fsp3) is 0.607. The predicted molar refractivity (Wildman–Crippen MR) is 307 cm³/mol. The van der Waals surface area contributed by atoms with Gasteiger partial charge in [-0.15, -0.1) is 0 Å². The van der Waals surface area contributed by atoms with Gasteiger partial charge in [0.25, 0.3) is 5.69 Å². The number of azo groups is 1. The number of hydrogen-bond acceptors (Lipinski definition) is 7. The lowest BCUT2D eigenvalue weighted by Gasteiger charge is -2.26. The van der Waals surface area contributed by atoms with Crippen LogP contribution in [0.5, 0.6) is 0 Å². The van der Waals surface area contributed by atoms with E-state index in [9.17, 15) is 10.1 Å². The first-order valence-electron chi connectivity index (χ1n) is 26.8. The van der Waals surface area contributed by atoms with Crippen LogP contribution in [0.2, 0.25) is 0 Å². The van der Waals surface area contributed by atoms with E-state index in [1.165, 1.54) is 202 Å². The molecule has 0 atom stereocenters. The number of nitrogens with two attached hydrogens (primary N) is 1. The Morgan fingerprint density at radius 1 is 0.464 bits per heavy atom. The second kappa shape index (κ2) is 42.2. The maximum Gasteiger partial charge on any atom is 0.269 e. The Labute approximate surface area is 424 Å². The summed E-state index contributed by atoms with van der Waals surface area (Å²) in [7, 11) is 0. The minimum absolute atomic E-state index is 0. The molecular weight excluding hydrogens is 849 g/mol. The van der Waals surface area contributed by atoms with Gasteiger partial charge in [0.15, 0.2) is 0 Å². The third-order valence-corrected chi connectivity index (χ3v) is 12.4. The predicted octanol–water partition coefficient (Wildman–Crippen LogP) is 20.2. The van der Waals surface area contributed by atoms with Crippen LogP contribution < -0.4 is 15.5 Å². The molecule has 69 heavy (non-hydrogen) atoms. The second-order valence-electron chi connectivity index (χ2n) is 18.7. The maximum absolute atomic E-state index is 10.8. The molecule has 0 spiro atoms. The van der Waals surface area contributed by atoms with Crippen LogP contribution in [0, 0.1) is 30.9 Å². The highest BCUT2D eigenvalue weighted by Gasteiger charge is 2.10. The third-order valence-electron chi connectivity index (χ3n) is 12.4. The standard InChI is InChI=1S/C29H44N4O2.C23H41N.C7H9N.2CH4/c1-4-6-8-10-12-14-22-32(23-15-13-11-9-7-5-2)28-20-21-29(25(3)24-28)31-30-26-16-18-27(19-17-26)33(34)35;1-4-6-8-10-12-14-19-24(20-15-13-11-9-7-5-2)23-18-16-17-22(3)21-23;1-6-3-2-4-7(8)5-6;;/h16-21,24H,4-15,22-23H2,1-3H3;16-18,21H,4-15,19-20H2,1-3H3;2-5H,8H2,1H3;2*1H4. The van der Waals surface area contributed by atoms with Gasteiger partial charge < -0.3 is 15.5 Å². The number of nitro benzene ring substituents is 1. The van der Waals surface area contributed by atoms with Crippen LogP contribution in [-0.4, -0.2) is 31.1 Å². The quantitative estimate of drug-likeness (QED) is 0.0169. The van der Waals surface area contributed by atoms with Gasteiger partial charge >= 0.3 is 0 Å². The van der Waals surface area contributed by atoms with Gasteiger partial charge in [-0.25, -0.2) is 0 Å². The molecule has 0 aliphatic carbocycles. The van der Waals surface area contributed by atoms with Crippen LogP contribution in [0.1, 0.15) is 213 Å². The Morgan fingerprint density at radius 2 is 0.855 bits per heavy atom. The minimum Gasteiger partial charge on any atom is -0.399 e. The highest BCUT2D eigenvalue weighted by Crippen LogP contribution is 2.28. The van der Waals surface area contributed by atoms with E-state index >= 15 is 0 Å². The van der Waals surface area contributed by atoms with Crippen LogP contribution in [0.25, 0.3) is 0 Å². The monoisotopic (exact) mass is 951 g/mol. The van der Waals surface area contributed by atoms with Crippen LogP contribution in [0.4, 0.5) is 34.1 Å². The summed E-state index contributed by atoms with van der Waals surface area (Å²) in [5.74, 6) is 0. The second-order valence-corrected chi connectivity index (χ2v) is 18.7. The van der Waals surface area contributed by atoms with Crippen molar-refractivity contribution >= 4 is 34.1 Å². The first kappa shape index (κ1) is 64.3. The number of unbranched alkanes of at least 4 members (excludes halogenated alkanes) is 20. The Morgan fingerprint density at radius 3 is 1.22 bits per heavy atom. The number of nitrogens with zero attached hydrogens (tertiary/aromatic N) is 5. The zero-order chi connectivity index (χ0) is 48.7. The van der Waals surface area contributed by atoms with E-state index in [0.717, 1.165) is 30.0 Å². The molecular formula is C61H102N6O2. The molecule has 4 rings (SSSR count). The van der Waals surface area contributed by atoms with Crippen LogP contribution in [0.3, 0.4) is 0 Å². The summed E-state index contributed by atoms with van der Waals surface area (Å²) in [4.78, 5) is 15.6. The van der Waals surface area contributed by atoms with E-state index in [0.29, 0.717) is 5.69 Å². The summed E-state index contributed by atoms with van der Waals surface area (Å²) in [6.45, 7) is 20.1. The van der Waals surface area contributed by atoms with Crippen molar-refractivity contribution in [2.24, 2.45) is 10.2 Å². The highest BCUT2D eigenvalue weighted by atomic mass is 16.6.